The Morgan fingerprint density at radius 2 is 2.04 bits per heavy atom. The van der Waals surface area contributed by atoms with E-state index in [1.165, 1.54) is 30.0 Å². The Morgan fingerprint density at radius 1 is 1.31 bits per heavy atom. The van der Waals surface area contributed by atoms with E-state index in [0.717, 1.165) is 24.6 Å². The zero-order valence-corrected chi connectivity index (χ0v) is 15.1. The number of nitro groups is 1. The third kappa shape index (κ3) is 3.44. The van der Waals surface area contributed by atoms with Crippen molar-refractivity contribution in [2.75, 3.05) is 5.75 Å². The number of carbonyl (C=O) groups is 3. The zero-order chi connectivity index (χ0) is 18.8. The Morgan fingerprint density at radius 3 is 2.69 bits per heavy atom. The number of hydrogen-bond donors (Lipinski definition) is 1. The highest BCUT2D eigenvalue weighted by atomic mass is 32.2. The maximum atomic E-state index is 12.7. The summed E-state index contributed by atoms with van der Waals surface area (Å²) in [6.45, 7) is 1.54. The van der Waals surface area contributed by atoms with Gasteiger partial charge in [-0.15, -0.1) is 0 Å². The highest BCUT2D eigenvalue weighted by Gasteiger charge is 2.41. The molecule has 1 aliphatic carbocycles. The second-order valence-electron chi connectivity index (χ2n) is 6.46. The molecule has 1 saturated heterocycles. The molecule has 3 rings (SSSR count). The van der Waals surface area contributed by atoms with E-state index in [0.29, 0.717) is 18.4 Å². The molecule has 138 valence electrons. The van der Waals surface area contributed by atoms with Gasteiger partial charge < -0.3 is 5.32 Å². The first kappa shape index (κ1) is 18.4. The van der Waals surface area contributed by atoms with Gasteiger partial charge in [0.25, 0.3) is 16.8 Å². The maximum absolute atomic E-state index is 12.7. The van der Waals surface area contributed by atoms with Crippen LogP contribution in [0.3, 0.4) is 0 Å². The summed E-state index contributed by atoms with van der Waals surface area (Å²) in [4.78, 5) is 48.6. The van der Waals surface area contributed by atoms with Crippen LogP contribution in [0.4, 0.5) is 10.5 Å². The molecule has 3 amide bonds. The van der Waals surface area contributed by atoms with Gasteiger partial charge in [0.1, 0.15) is 0 Å². The van der Waals surface area contributed by atoms with E-state index in [2.05, 4.69) is 5.32 Å². The van der Waals surface area contributed by atoms with Crippen molar-refractivity contribution in [1.82, 2.24) is 10.2 Å². The number of nitro benzene ring substituents is 1. The van der Waals surface area contributed by atoms with E-state index >= 15 is 0 Å². The number of nitrogens with zero attached hydrogens (tertiary/aromatic N) is 2. The molecule has 1 heterocycles. The maximum Gasteiger partial charge on any atom is 0.289 e. The van der Waals surface area contributed by atoms with Crippen molar-refractivity contribution >= 4 is 34.5 Å². The predicted octanol–water partition coefficient (Wildman–Crippen LogP) is 2.64. The molecule has 0 spiro atoms. The van der Waals surface area contributed by atoms with Crippen molar-refractivity contribution in [3.63, 3.8) is 0 Å². The largest absolute Gasteiger partial charge is 0.347 e. The fraction of sp³-hybridized carbons (Fsp3) is 0.471. The van der Waals surface area contributed by atoms with Crippen LogP contribution in [-0.4, -0.2) is 44.7 Å². The topological polar surface area (TPSA) is 110 Å². The van der Waals surface area contributed by atoms with E-state index in [1.807, 2.05) is 0 Å². The molecule has 1 N–H and O–H groups in total. The lowest BCUT2D eigenvalue weighted by molar-refractivity contribution is -0.385. The first-order valence-electron chi connectivity index (χ1n) is 8.44. The SMILES string of the molecule is Cc1c(C(=O)NC2CCCCC2N2C(=O)CSC2=O)cccc1[N+](=O)[O-]. The predicted molar refractivity (Wildman–Crippen MR) is 96.0 cm³/mol. The van der Waals surface area contributed by atoms with Gasteiger partial charge >= 0.3 is 0 Å². The van der Waals surface area contributed by atoms with Gasteiger partial charge in [0.2, 0.25) is 5.91 Å². The smallest absolute Gasteiger partial charge is 0.289 e. The summed E-state index contributed by atoms with van der Waals surface area (Å²) in [5, 5.41) is 13.7. The van der Waals surface area contributed by atoms with Crippen LogP contribution < -0.4 is 5.32 Å². The molecule has 8 nitrogen and oxygen atoms in total. The van der Waals surface area contributed by atoms with Gasteiger partial charge in [-0.25, -0.2) is 0 Å². The highest BCUT2D eigenvalue weighted by Crippen LogP contribution is 2.30. The number of nitrogens with one attached hydrogen (secondary N) is 1. The van der Waals surface area contributed by atoms with Crippen LogP contribution in [0.5, 0.6) is 0 Å². The molecule has 9 heteroatoms. The van der Waals surface area contributed by atoms with Crippen LogP contribution in [0.1, 0.15) is 41.6 Å². The number of amides is 3. The van der Waals surface area contributed by atoms with Crippen LogP contribution in [0.2, 0.25) is 0 Å². The standard InChI is InChI=1S/C17H19N3O5S/c1-10-11(5-4-8-13(10)20(24)25)16(22)18-12-6-2-3-7-14(12)19-15(21)9-26-17(19)23/h4-5,8,12,14H,2-3,6-7,9H2,1H3,(H,18,22). The van der Waals surface area contributed by atoms with Gasteiger partial charge in [0.15, 0.2) is 0 Å². The molecule has 1 aromatic rings. The van der Waals surface area contributed by atoms with Crippen LogP contribution in [-0.2, 0) is 4.79 Å². The minimum absolute atomic E-state index is 0.112. The van der Waals surface area contributed by atoms with E-state index < -0.39 is 10.8 Å². The number of imide groups is 1. The molecule has 0 radical (unpaired) electrons. The number of carbonyl (C=O) groups excluding carboxylic acids is 3. The monoisotopic (exact) mass is 377 g/mol. The van der Waals surface area contributed by atoms with Crippen LogP contribution in [0.15, 0.2) is 18.2 Å². The summed E-state index contributed by atoms with van der Waals surface area (Å²) in [6, 6.07) is 3.66. The Balaban J connectivity index is 1.81. The van der Waals surface area contributed by atoms with Crippen molar-refractivity contribution in [3.05, 3.63) is 39.4 Å². The molecule has 2 fully saturated rings. The fourth-order valence-electron chi connectivity index (χ4n) is 3.59. The van der Waals surface area contributed by atoms with Gasteiger partial charge in [0.05, 0.1) is 22.8 Å². The quantitative estimate of drug-likeness (QED) is 0.638. The minimum Gasteiger partial charge on any atom is -0.347 e. The summed E-state index contributed by atoms with van der Waals surface area (Å²) >= 11 is 0.982. The fourth-order valence-corrected chi connectivity index (χ4v) is 4.35. The molecule has 1 saturated carbocycles. The molecule has 1 aromatic carbocycles. The van der Waals surface area contributed by atoms with Crippen molar-refractivity contribution in [2.24, 2.45) is 0 Å². The zero-order valence-electron chi connectivity index (χ0n) is 14.3. The Bertz CT molecular complexity index is 766. The molecule has 1 aliphatic heterocycles. The summed E-state index contributed by atoms with van der Waals surface area (Å²) in [5.74, 6) is -0.507. The molecule has 0 bridgehead atoms. The van der Waals surface area contributed by atoms with Gasteiger partial charge in [-0.05, 0) is 25.8 Å². The molecule has 2 unspecified atom stereocenters. The summed E-state index contributed by atoms with van der Waals surface area (Å²) < 4.78 is 0. The average molecular weight is 377 g/mol. The van der Waals surface area contributed by atoms with E-state index in [-0.39, 0.29) is 40.2 Å². The molecular formula is C17H19N3O5S. The third-order valence-electron chi connectivity index (χ3n) is 4.91. The lowest BCUT2D eigenvalue weighted by Crippen LogP contribution is -2.54. The number of hydrogen-bond acceptors (Lipinski definition) is 6. The van der Waals surface area contributed by atoms with Crippen LogP contribution >= 0.6 is 11.8 Å². The summed E-state index contributed by atoms with van der Waals surface area (Å²) in [5.41, 5.74) is 0.419. The number of thioether (sulfide) groups is 1. The van der Waals surface area contributed by atoms with Gasteiger partial charge in [-0.2, -0.15) is 0 Å². The van der Waals surface area contributed by atoms with Gasteiger partial charge in [-0.3, -0.25) is 29.4 Å². The summed E-state index contributed by atoms with van der Waals surface area (Å²) in [7, 11) is 0. The molecule has 2 aliphatic rings. The average Bonchev–Trinajstić information content (AvgIpc) is 2.94. The van der Waals surface area contributed by atoms with Crippen molar-refractivity contribution in [3.8, 4) is 0 Å². The van der Waals surface area contributed by atoms with Crippen molar-refractivity contribution in [1.29, 1.82) is 0 Å². The first-order chi connectivity index (χ1) is 12.4. The second kappa shape index (κ2) is 7.45. The Hall–Kier alpha value is -2.42. The Kier molecular flexibility index (Phi) is 5.26. The van der Waals surface area contributed by atoms with Crippen LogP contribution in [0, 0.1) is 17.0 Å². The van der Waals surface area contributed by atoms with Gasteiger partial charge in [-0.1, -0.05) is 30.7 Å². The van der Waals surface area contributed by atoms with E-state index in [9.17, 15) is 24.5 Å². The third-order valence-corrected chi connectivity index (χ3v) is 5.74. The lowest BCUT2D eigenvalue weighted by Gasteiger charge is -2.36. The van der Waals surface area contributed by atoms with E-state index in [4.69, 9.17) is 0 Å². The normalized spacial score (nSPS) is 23.2. The number of benzene rings is 1. The minimum atomic E-state index is -0.520. The molecular weight excluding hydrogens is 358 g/mol. The number of rotatable bonds is 4. The Labute approximate surface area is 154 Å². The second-order valence-corrected chi connectivity index (χ2v) is 7.38. The molecule has 0 aromatic heterocycles. The lowest BCUT2D eigenvalue weighted by atomic mass is 9.89. The first-order valence-corrected chi connectivity index (χ1v) is 9.42. The van der Waals surface area contributed by atoms with E-state index in [1.54, 1.807) is 0 Å². The van der Waals surface area contributed by atoms with Crippen molar-refractivity contribution < 1.29 is 19.3 Å². The highest BCUT2D eigenvalue weighted by molar-refractivity contribution is 8.14. The summed E-state index contributed by atoms with van der Waals surface area (Å²) in [6.07, 6.45) is 3.08. The molecule has 26 heavy (non-hydrogen) atoms. The molecule has 2 atom stereocenters. The van der Waals surface area contributed by atoms with Gasteiger partial charge in [0, 0.05) is 17.2 Å². The van der Waals surface area contributed by atoms with Crippen LogP contribution in [0.25, 0.3) is 0 Å². The van der Waals surface area contributed by atoms with Crippen molar-refractivity contribution in [2.45, 2.75) is 44.7 Å².